The van der Waals surface area contributed by atoms with Crippen LogP contribution in [-0.2, 0) is 4.79 Å². The number of rotatable bonds is 4. The van der Waals surface area contributed by atoms with Crippen LogP contribution < -0.4 is 16.4 Å². The van der Waals surface area contributed by atoms with Gasteiger partial charge in [-0.05, 0) is 32.0 Å². The SMILES string of the molecule is CC(C)(NC(=O)Nc1ccc(C(=O)O)cc1Cl)C(N)=O. The summed E-state index contributed by atoms with van der Waals surface area (Å²) in [5.41, 5.74) is 4.11. The zero-order valence-electron chi connectivity index (χ0n) is 10.9. The van der Waals surface area contributed by atoms with Gasteiger partial charge in [0.05, 0.1) is 16.3 Å². The number of benzene rings is 1. The third-order valence-corrected chi connectivity index (χ3v) is 2.82. The van der Waals surface area contributed by atoms with Crippen LogP contribution in [0, 0.1) is 0 Å². The van der Waals surface area contributed by atoms with Crippen LogP contribution in [0.25, 0.3) is 0 Å². The maximum Gasteiger partial charge on any atom is 0.335 e. The number of nitrogens with two attached hydrogens (primary N) is 1. The molecule has 0 radical (unpaired) electrons. The van der Waals surface area contributed by atoms with Crippen molar-refractivity contribution in [3.8, 4) is 0 Å². The van der Waals surface area contributed by atoms with Gasteiger partial charge in [-0.2, -0.15) is 0 Å². The van der Waals surface area contributed by atoms with Gasteiger partial charge in [0.1, 0.15) is 5.54 Å². The van der Waals surface area contributed by atoms with Gasteiger partial charge in [0, 0.05) is 0 Å². The summed E-state index contributed by atoms with van der Waals surface area (Å²) in [6.45, 7) is 2.90. The van der Waals surface area contributed by atoms with Crippen molar-refractivity contribution in [3.63, 3.8) is 0 Å². The average Bonchev–Trinajstić information content (AvgIpc) is 2.30. The topological polar surface area (TPSA) is 122 Å². The minimum atomic E-state index is -1.22. The molecule has 0 unspecified atom stereocenters. The van der Waals surface area contributed by atoms with Gasteiger partial charge in [-0.1, -0.05) is 11.6 Å². The summed E-state index contributed by atoms with van der Waals surface area (Å²) >= 11 is 5.85. The molecule has 0 aliphatic heterocycles. The molecule has 1 aromatic carbocycles. The summed E-state index contributed by atoms with van der Waals surface area (Å²) in [4.78, 5) is 33.5. The zero-order valence-corrected chi connectivity index (χ0v) is 11.6. The number of carbonyl (C=O) groups is 3. The van der Waals surface area contributed by atoms with E-state index in [-0.39, 0.29) is 16.3 Å². The Hall–Kier alpha value is -2.28. The predicted octanol–water partition coefficient (Wildman–Crippen LogP) is 1.42. The molecule has 0 spiro atoms. The van der Waals surface area contributed by atoms with E-state index in [9.17, 15) is 14.4 Å². The van der Waals surface area contributed by atoms with Crippen molar-refractivity contribution < 1.29 is 19.5 Å². The van der Waals surface area contributed by atoms with Gasteiger partial charge in [-0.15, -0.1) is 0 Å². The normalized spacial score (nSPS) is 10.8. The third kappa shape index (κ3) is 3.86. The lowest BCUT2D eigenvalue weighted by Crippen LogP contribution is -2.54. The van der Waals surface area contributed by atoms with Crippen LogP contribution in [0.15, 0.2) is 18.2 Å². The Balaban J connectivity index is 2.82. The van der Waals surface area contributed by atoms with Crippen molar-refractivity contribution in [2.75, 3.05) is 5.32 Å². The van der Waals surface area contributed by atoms with Crippen LogP contribution in [0.1, 0.15) is 24.2 Å². The van der Waals surface area contributed by atoms with E-state index in [1.165, 1.54) is 32.0 Å². The Kier molecular flexibility index (Phi) is 4.57. The fourth-order valence-corrected chi connectivity index (χ4v) is 1.48. The predicted molar refractivity (Wildman–Crippen MR) is 73.8 cm³/mol. The van der Waals surface area contributed by atoms with Crippen molar-refractivity contribution in [1.82, 2.24) is 5.32 Å². The third-order valence-electron chi connectivity index (χ3n) is 2.51. The molecular formula is C12H14ClN3O4. The number of hydrogen-bond acceptors (Lipinski definition) is 3. The zero-order chi connectivity index (χ0) is 15.5. The lowest BCUT2D eigenvalue weighted by molar-refractivity contribution is -0.122. The number of amides is 3. The molecule has 20 heavy (non-hydrogen) atoms. The second kappa shape index (κ2) is 5.79. The molecule has 1 rings (SSSR count). The summed E-state index contributed by atoms with van der Waals surface area (Å²) in [6, 6.07) is 3.17. The van der Waals surface area contributed by atoms with E-state index in [1.807, 2.05) is 0 Å². The number of carboxylic acids is 1. The van der Waals surface area contributed by atoms with Gasteiger partial charge >= 0.3 is 12.0 Å². The number of carbonyl (C=O) groups excluding carboxylic acids is 2. The van der Waals surface area contributed by atoms with Crippen molar-refractivity contribution >= 4 is 35.2 Å². The first-order valence-electron chi connectivity index (χ1n) is 5.55. The minimum Gasteiger partial charge on any atom is -0.478 e. The van der Waals surface area contributed by atoms with Crippen molar-refractivity contribution in [2.45, 2.75) is 19.4 Å². The molecule has 7 nitrogen and oxygen atoms in total. The van der Waals surface area contributed by atoms with Crippen LogP contribution >= 0.6 is 11.6 Å². The van der Waals surface area contributed by atoms with Gasteiger partial charge in [0.25, 0.3) is 0 Å². The standard InChI is InChI=1S/C12H14ClN3O4/c1-12(2,10(14)19)16-11(20)15-8-4-3-6(9(17)18)5-7(8)13/h3-5H,1-2H3,(H2,14,19)(H,17,18)(H2,15,16,20). The quantitative estimate of drug-likeness (QED) is 0.671. The van der Waals surface area contributed by atoms with Crippen LogP contribution in [0.3, 0.4) is 0 Å². The molecular weight excluding hydrogens is 286 g/mol. The first kappa shape index (κ1) is 15.8. The number of halogens is 1. The molecule has 108 valence electrons. The maximum absolute atomic E-state index is 11.7. The lowest BCUT2D eigenvalue weighted by atomic mass is 10.1. The van der Waals surface area contributed by atoms with Crippen molar-refractivity contribution in [3.05, 3.63) is 28.8 Å². The second-order valence-corrected chi connectivity index (χ2v) is 4.98. The first-order chi connectivity index (χ1) is 9.13. The van der Waals surface area contributed by atoms with E-state index in [1.54, 1.807) is 0 Å². The van der Waals surface area contributed by atoms with Crippen molar-refractivity contribution in [1.29, 1.82) is 0 Å². The Morgan fingerprint density at radius 1 is 1.30 bits per heavy atom. The Labute approximate surface area is 120 Å². The maximum atomic E-state index is 11.7. The number of urea groups is 1. The molecule has 0 aromatic heterocycles. The smallest absolute Gasteiger partial charge is 0.335 e. The van der Waals surface area contributed by atoms with Crippen LogP contribution in [0.4, 0.5) is 10.5 Å². The Morgan fingerprint density at radius 3 is 2.35 bits per heavy atom. The van der Waals surface area contributed by atoms with E-state index in [0.717, 1.165) is 0 Å². The minimum absolute atomic E-state index is 0.00146. The summed E-state index contributed by atoms with van der Waals surface area (Å²) in [6.07, 6.45) is 0. The first-order valence-corrected chi connectivity index (χ1v) is 5.93. The molecule has 0 heterocycles. The largest absolute Gasteiger partial charge is 0.478 e. The average molecular weight is 300 g/mol. The van der Waals surface area contributed by atoms with E-state index in [2.05, 4.69) is 10.6 Å². The number of nitrogens with one attached hydrogen (secondary N) is 2. The van der Waals surface area contributed by atoms with Crippen molar-refractivity contribution in [2.24, 2.45) is 5.73 Å². The van der Waals surface area contributed by atoms with E-state index < -0.39 is 23.4 Å². The summed E-state index contributed by atoms with van der Waals surface area (Å²) in [7, 11) is 0. The van der Waals surface area contributed by atoms with E-state index in [4.69, 9.17) is 22.4 Å². The molecule has 0 aliphatic rings. The fraction of sp³-hybridized carbons (Fsp3) is 0.250. The summed E-state index contributed by atoms with van der Waals surface area (Å²) in [5.74, 6) is -1.82. The molecule has 8 heteroatoms. The highest BCUT2D eigenvalue weighted by Gasteiger charge is 2.27. The number of primary amides is 1. The summed E-state index contributed by atoms with van der Waals surface area (Å²) < 4.78 is 0. The lowest BCUT2D eigenvalue weighted by Gasteiger charge is -2.22. The molecule has 0 bridgehead atoms. The molecule has 3 amide bonds. The molecule has 1 aromatic rings. The molecule has 0 fully saturated rings. The Bertz CT molecular complexity index is 572. The second-order valence-electron chi connectivity index (χ2n) is 4.57. The van der Waals surface area contributed by atoms with E-state index >= 15 is 0 Å². The van der Waals surface area contributed by atoms with Crippen LogP contribution in [0.5, 0.6) is 0 Å². The van der Waals surface area contributed by atoms with Gasteiger partial charge in [0.15, 0.2) is 0 Å². The molecule has 0 saturated carbocycles. The Morgan fingerprint density at radius 2 is 1.90 bits per heavy atom. The fourth-order valence-electron chi connectivity index (χ4n) is 1.25. The van der Waals surface area contributed by atoms with Gasteiger partial charge in [-0.25, -0.2) is 9.59 Å². The number of aromatic carboxylic acids is 1. The van der Waals surface area contributed by atoms with Gasteiger partial charge in [0.2, 0.25) is 5.91 Å². The molecule has 0 saturated heterocycles. The monoisotopic (exact) mass is 299 g/mol. The highest BCUT2D eigenvalue weighted by Crippen LogP contribution is 2.23. The number of carboxylic acid groups (broad SMARTS) is 1. The highest BCUT2D eigenvalue weighted by molar-refractivity contribution is 6.34. The van der Waals surface area contributed by atoms with Gasteiger partial charge in [-0.3, -0.25) is 4.79 Å². The van der Waals surface area contributed by atoms with Crippen LogP contribution in [0.2, 0.25) is 5.02 Å². The molecule has 5 N–H and O–H groups in total. The molecule has 0 atom stereocenters. The van der Waals surface area contributed by atoms with Crippen LogP contribution in [-0.4, -0.2) is 28.6 Å². The highest BCUT2D eigenvalue weighted by atomic mass is 35.5. The number of hydrogen-bond donors (Lipinski definition) is 4. The number of anilines is 1. The summed E-state index contributed by atoms with van der Waals surface area (Å²) in [5, 5.41) is 13.6. The van der Waals surface area contributed by atoms with E-state index in [0.29, 0.717) is 0 Å². The molecule has 0 aliphatic carbocycles. The van der Waals surface area contributed by atoms with Gasteiger partial charge < -0.3 is 21.5 Å².